The molecule has 4 saturated carbocycles. The molecule has 1 atom stereocenters. The summed E-state index contributed by atoms with van der Waals surface area (Å²) in [5, 5.41) is 12.3. The second-order valence-corrected chi connectivity index (χ2v) is 11.6. The quantitative estimate of drug-likeness (QED) is 0.631. The van der Waals surface area contributed by atoms with Gasteiger partial charge in [-0.15, -0.1) is 0 Å². The minimum Gasteiger partial charge on any atom is -0.375 e. The lowest BCUT2D eigenvalue weighted by Crippen LogP contribution is -2.52. The fraction of sp³-hybridized carbons (Fsp3) is 0.500. The van der Waals surface area contributed by atoms with Crippen LogP contribution in [-0.2, 0) is 21.7 Å². The van der Waals surface area contributed by atoms with Gasteiger partial charge in [0, 0.05) is 22.4 Å². The lowest BCUT2D eigenvalue weighted by Gasteiger charge is -2.56. The van der Waals surface area contributed by atoms with Crippen LogP contribution in [0.5, 0.6) is 0 Å². The second kappa shape index (κ2) is 7.41. The lowest BCUT2D eigenvalue weighted by atomic mass is 9.48. The van der Waals surface area contributed by atoms with Gasteiger partial charge in [-0.25, -0.2) is 0 Å². The Kier molecular flexibility index (Phi) is 4.80. The number of carbonyl (C=O) groups is 2. The number of hydrogen-bond acceptors (Lipinski definition) is 3. The number of fused-ring (bicyclic) bond motifs is 1. The van der Waals surface area contributed by atoms with Crippen molar-refractivity contribution >= 4 is 29.0 Å². The SMILES string of the molecule is Cc1ccc(CN2C(=O)C(O)(CC(=O)C34CC5CC(CC(C5)C3)C4)c3cc(Cl)ccc32)cc1. The van der Waals surface area contributed by atoms with Crippen molar-refractivity contribution in [2.24, 2.45) is 23.2 Å². The van der Waals surface area contributed by atoms with Crippen LogP contribution in [0.15, 0.2) is 42.5 Å². The van der Waals surface area contributed by atoms with Crippen molar-refractivity contribution < 1.29 is 14.7 Å². The Bertz CT molecular complexity index is 1110. The predicted octanol–water partition coefficient (Wildman–Crippen LogP) is 5.56. The summed E-state index contributed by atoms with van der Waals surface area (Å²) < 4.78 is 0. The van der Waals surface area contributed by atoms with Crippen LogP contribution < -0.4 is 4.90 Å². The van der Waals surface area contributed by atoms with E-state index in [1.807, 2.05) is 31.2 Å². The molecule has 0 spiro atoms. The number of anilines is 1. The van der Waals surface area contributed by atoms with Crippen molar-refractivity contribution in [3.63, 3.8) is 0 Å². The molecule has 2 aromatic rings. The van der Waals surface area contributed by atoms with Gasteiger partial charge in [0.25, 0.3) is 5.91 Å². The molecule has 4 fully saturated rings. The number of hydrogen-bond donors (Lipinski definition) is 1. The van der Waals surface area contributed by atoms with E-state index in [0.29, 0.717) is 40.6 Å². The van der Waals surface area contributed by atoms with Gasteiger partial charge in [0.1, 0.15) is 5.78 Å². The number of ketones is 1. The van der Waals surface area contributed by atoms with Crippen molar-refractivity contribution in [1.29, 1.82) is 0 Å². The van der Waals surface area contributed by atoms with E-state index in [-0.39, 0.29) is 17.6 Å². The van der Waals surface area contributed by atoms with Crippen molar-refractivity contribution in [2.45, 2.75) is 64.0 Å². The Morgan fingerprint density at radius 2 is 1.64 bits per heavy atom. The number of rotatable bonds is 5. The molecule has 5 aliphatic rings. The second-order valence-electron chi connectivity index (χ2n) is 11.2. The standard InChI is InChI=1S/C28H30ClNO3/c1-17-2-4-18(5-3-17)16-30-24-7-6-22(29)11-23(24)28(33,26(30)32)15-25(31)27-12-19-8-20(13-27)10-21(9-19)14-27/h2-7,11,19-21,33H,8-10,12-16H2,1H3. The van der Waals surface area contributed by atoms with Crippen molar-refractivity contribution in [2.75, 3.05) is 4.90 Å². The van der Waals surface area contributed by atoms with Crippen LogP contribution in [0.3, 0.4) is 0 Å². The summed E-state index contributed by atoms with van der Waals surface area (Å²) in [6.45, 7) is 2.37. The maximum Gasteiger partial charge on any atom is 0.264 e. The zero-order valence-corrected chi connectivity index (χ0v) is 19.8. The van der Waals surface area contributed by atoms with Gasteiger partial charge >= 0.3 is 0 Å². The Hall–Kier alpha value is -2.17. The molecule has 0 radical (unpaired) electrons. The van der Waals surface area contributed by atoms with Gasteiger partial charge in [-0.05, 0) is 87.0 Å². The summed E-state index contributed by atoms with van der Waals surface area (Å²) in [6.07, 6.45) is 6.37. The summed E-state index contributed by atoms with van der Waals surface area (Å²) in [4.78, 5) is 29.2. The van der Waals surface area contributed by atoms with Gasteiger partial charge < -0.3 is 10.0 Å². The number of benzene rings is 2. The average molecular weight is 464 g/mol. The molecule has 1 heterocycles. The highest BCUT2D eigenvalue weighted by atomic mass is 35.5. The van der Waals surface area contributed by atoms with Crippen LogP contribution in [-0.4, -0.2) is 16.8 Å². The molecule has 1 unspecified atom stereocenters. The number of Topliss-reactive ketones (excluding diaryl/α,β-unsaturated/α-hetero) is 1. The molecule has 4 bridgehead atoms. The smallest absolute Gasteiger partial charge is 0.264 e. The third kappa shape index (κ3) is 3.37. The van der Waals surface area contributed by atoms with Gasteiger partial charge in [0.15, 0.2) is 5.60 Å². The van der Waals surface area contributed by atoms with Crippen LogP contribution in [0.1, 0.15) is 61.6 Å². The maximum absolute atomic E-state index is 13.8. The van der Waals surface area contributed by atoms with Crippen LogP contribution in [0.2, 0.25) is 5.02 Å². The molecule has 1 N–H and O–H groups in total. The molecular formula is C28H30ClNO3. The van der Waals surface area contributed by atoms with E-state index in [2.05, 4.69) is 0 Å². The number of halogens is 1. The molecule has 5 heteroatoms. The van der Waals surface area contributed by atoms with Gasteiger partial charge in [-0.3, -0.25) is 9.59 Å². The van der Waals surface area contributed by atoms with Crippen LogP contribution in [0.25, 0.3) is 0 Å². The largest absolute Gasteiger partial charge is 0.375 e. The van der Waals surface area contributed by atoms with E-state index < -0.39 is 11.5 Å². The number of amides is 1. The summed E-state index contributed by atoms with van der Waals surface area (Å²) in [7, 11) is 0. The van der Waals surface area contributed by atoms with Crippen molar-refractivity contribution in [1.82, 2.24) is 0 Å². The van der Waals surface area contributed by atoms with E-state index in [4.69, 9.17) is 11.6 Å². The highest BCUT2D eigenvalue weighted by molar-refractivity contribution is 6.31. The first-order valence-electron chi connectivity index (χ1n) is 12.2. The molecule has 1 aliphatic heterocycles. The Balaban J connectivity index is 1.33. The predicted molar refractivity (Wildman–Crippen MR) is 128 cm³/mol. The normalized spacial score (nSPS) is 34.1. The highest BCUT2D eigenvalue weighted by Gasteiger charge is 2.58. The molecule has 0 aromatic heterocycles. The molecule has 2 aromatic carbocycles. The monoisotopic (exact) mass is 463 g/mol. The third-order valence-electron chi connectivity index (χ3n) is 8.80. The minimum atomic E-state index is -1.86. The summed E-state index contributed by atoms with van der Waals surface area (Å²) in [5.74, 6) is 1.55. The Morgan fingerprint density at radius 1 is 1.03 bits per heavy atom. The summed E-state index contributed by atoms with van der Waals surface area (Å²) in [6, 6.07) is 13.2. The highest BCUT2D eigenvalue weighted by Crippen LogP contribution is 2.61. The minimum absolute atomic E-state index is 0.0700. The summed E-state index contributed by atoms with van der Waals surface area (Å²) in [5.41, 5.74) is 1.03. The van der Waals surface area contributed by atoms with Crippen LogP contribution in [0.4, 0.5) is 5.69 Å². The first-order valence-corrected chi connectivity index (χ1v) is 12.6. The van der Waals surface area contributed by atoms with Crippen LogP contribution >= 0.6 is 11.6 Å². The Labute approximate surface area is 199 Å². The molecule has 33 heavy (non-hydrogen) atoms. The first-order chi connectivity index (χ1) is 15.8. The van der Waals surface area contributed by atoms with Gasteiger partial charge in [-0.1, -0.05) is 41.4 Å². The fourth-order valence-electron chi connectivity index (χ4n) is 7.60. The number of nitrogens with zero attached hydrogens (tertiary/aromatic N) is 1. The molecule has 4 aliphatic carbocycles. The topological polar surface area (TPSA) is 57.6 Å². The van der Waals surface area contributed by atoms with E-state index >= 15 is 0 Å². The van der Waals surface area contributed by atoms with E-state index in [9.17, 15) is 14.7 Å². The van der Waals surface area contributed by atoms with Gasteiger partial charge in [-0.2, -0.15) is 0 Å². The van der Waals surface area contributed by atoms with E-state index in [1.54, 1.807) is 23.1 Å². The molecular weight excluding hydrogens is 434 g/mol. The molecule has 172 valence electrons. The van der Waals surface area contributed by atoms with E-state index in [1.165, 1.54) is 19.3 Å². The Morgan fingerprint density at radius 3 is 2.24 bits per heavy atom. The number of aliphatic hydroxyl groups is 1. The van der Waals surface area contributed by atoms with Gasteiger partial charge in [0.05, 0.1) is 12.2 Å². The molecule has 7 rings (SSSR count). The molecule has 0 saturated heterocycles. The molecule has 1 amide bonds. The number of carbonyl (C=O) groups excluding carboxylic acids is 2. The van der Waals surface area contributed by atoms with Crippen LogP contribution in [0, 0.1) is 30.1 Å². The zero-order chi connectivity index (χ0) is 23.0. The zero-order valence-electron chi connectivity index (χ0n) is 19.0. The fourth-order valence-corrected chi connectivity index (χ4v) is 7.77. The third-order valence-corrected chi connectivity index (χ3v) is 9.04. The maximum atomic E-state index is 13.8. The van der Waals surface area contributed by atoms with E-state index in [0.717, 1.165) is 30.4 Å². The lowest BCUT2D eigenvalue weighted by molar-refractivity contribution is -0.154. The van der Waals surface area contributed by atoms with Gasteiger partial charge in [0.2, 0.25) is 0 Å². The first kappa shape index (κ1) is 21.4. The average Bonchev–Trinajstić information content (AvgIpc) is 2.96. The summed E-state index contributed by atoms with van der Waals surface area (Å²) >= 11 is 6.29. The van der Waals surface area contributed by atoms with Crippen molar-refractivity contribution in [3.8, 4) is 0 Å². The number of aryl methyl sites for hydroxylation is 1. The molecule has 4 nitrogen and oxygen atoms in total. The van der Waals surface area contributed by atoms with Crippen molar-refractivity contribution in [3.05, 3.63) is 64.2 Å².